The molecule has 1 amide bonds. The number of carbonyl (C=O) groups is 2. The summed E-state index contributed by atoms with van der Waals surface area (Å²) >= 11 is 3.00. The number of carboxylic acid groups (broad SMARTS) is 1. The van der Waals surface area contributed by atoms with Crippen LogP contribution in [0, 0.1) is 5.82 Å². The number of amides is 1. The maximum Gasteiger partial charge on any atom is 0.337 e. The van der Waals surface area contributed by atoms with Crippen molar-refractivity contribution in [1.82, 2.24) is 5.32 Å². The molecule has 1 aromatic carbocycles. The largest absolute Gasteiger partial charge is 0.479 e. The average molecular weight is 334 g/mol. The van der Waals surface area contributed by atoms with Crippen LogP contribution in [-0.2, 0) is 16.0 Å². The topological polar surface area (TPSA) is 86.6 Å². The van der Waals surface area contributed by atoms with Gasteiger partial charge in [0.1, 0.15) is 5.82 Å². The van der Waals surface area contributed by atoms with Crippen molar-refractivity contribution < 1.29 is 24.2 Å². The monoisotopic (exact) mass is 333 g/mol. The predicted octanol–water partition coefficient (Wildman–Crippen LogP) is 1.08. The number of aliphatic hydroxyl groups is 1. The van der Waals surface area contributed by atoms with Crippen LogP contribution in [0.1, 0.15) is 12.5 Å². The third-order valence-electron chi connectivity index (χ3n) is 2.44. The van der Waals surface area contributed by atoms with Gasteiger partial charge in [-0.15, -0.1) is 0 Å². The highest BCUT2D eigenvalue weighted by molar-refractivity contribution is 9.10. The summed E-state index contributed by atoms with van der Waals surface area (Å²) in [5.41, 5.74) is -1.44. The Labute approximate surface area is 117 Å². The molecule has 0 heterocycles. The molecule has 1 aromatic rings. The maximum absolute atomic E-state index is 13.0. The zero-order chi connectivity index (χ0) is 14.6. The second-order valence-electron chi connectivity index (χ2n) is 4.28. The third kappa shape index (κ3) is 4.60. The van der Waals surface area contributed by atoms with Gasteiger partial charge >= 0.3 is 5.97 Å². The fraction of sp³-hybridized carbons (Fsp3) is 0.333. The quantitative estimate of drug-likeness (QED) is 0.752. The van der Waals surface area contributed by atoms with Gasteiger partial charge in [-0.25, -0.2) is 9.18 Å². The summed E-state index contributed by atoms with van der Waals surface area (Å²) in [4.78, 5) is 22.2. The number of carbonyl (C=O) groups excluding carboxylic acids is 1. The number of halogens is 2. The van der Waals surface area contributed by atoms with E-state index >= 15 is 0 Å². The molecule has 0 saturated carbocycles. The molecule has 104 valence electrons. The molecule has 0 saturated heterocycles. The lowest BCUT2D eigenvalue weighted by Crippen LogP contribution is -2.46. The first-order valence-corrected chi connectivity index (χ1v) is 6.18. The van der Waals surface area contributed by atoms with Crippen LogP contribution < -0.4 is 5.32 Å². The molecular formula is C12H13BrFNO4. The highest BCUT2D eigenvalue weighted by atomic mass is 79.9. The molecule has 0 radical (unpaired) electrons. The van der Waals surface area contributed by atoms with Crippen LogP contribution in [0.25, 0.3) is 0 Å². The lowest BCUT2D eigenvalue weighted by atomic mass is 10.1. The summed E-state index contributed by atoms with van der Waals surface area (Å²) in [6.45, 7) is 0.688. The lowest BCUT2D eigenvalue weighted by molar-refractivity contribution is -0.156. The molecule has 7 heteroatoms. The van der Waals surface area contributed by atoms with Gasteiger partial charge in [-0.05, 0) is 40.5 Å². The smallest absolute Gasteiger partial charge is 0.337 e. The number of benzene rings is 1. The first-order valence-electron chi connectivity index (χ1n) is 5.39. The fourth-order valence-electron chi connectivity index (χ4n) is 1.24. The molecule has 5 nitrogen and oxygen atoms in total. The van der Waals surface area contributed by atoms with E-state index < -0.39 is 29.8 Å². The van der Waals surface area contributed by atoms with Gasteiger partial charge in [-0.2, -0.15) is 0 Å². The maximum atomic E-state index is 13.0. The molecule has 1 rings (SSSR count). The second kappa shape index (κ2) is 6.12. The minimum atomic E-state index is -2.01. The Balaban J connectivity index is 2.56. The highest BCUT2D eigenvalue weighted by Gasteiger charge is 2.30. The summed E-state index contributed by atoms with van der Waals surface area (Å²) in [7, 11) is 0. The first kappa shape index (κ1) is 15.6. The SMILES string of the molecule is CC(O)(CNC(=O)Cc1ccc(F)c(Br)c1)C(=O)O. The van der Waals surface area contributed by atoms with Crippen molar-refractivity contribution in [3.8, 4) is 0 Å². The molecule has 0 aliphatic carbocycles. The van der Waals surface area contributed by atoms with E-state index in [9.17, 15) is 19.1 Å². The van der Waals surface area contributed by atoms with Crippen LogP contribution in [0.4, 0.5) is 4.39 Å². The van der Waals surface area contributed by atoms with E-state index in [0.29, 0.717) is 5.56 Å². The standard InChI is InChI=1S/C12H13BrFNO4/c1-12(19,11(17)18)6-15-10(16)5-7-2-3-9(14)8(13)4-7/h2-4,19H,5-6H2,1H3,(H,15,16)(H,17,18). The van der Waals surface area contributed by atoms with Gasteiger partial charge in [-0.1, -0.05) is 6.07 Å². The number of nitrogens with one attached hydrogen (secondary N) is 1. The number of hydrogen-bond acceptors (Lipinski definition) is 3. The van der Waals surface area contributed by atoms with Crippen molar-refractivity contribution >= 4 is 27.8 Å². The molecule has 3 N–H and O–H groups in total. The molecule has 0 bridgehead atoms. The summed E-state index contributed by atoms with van der Waals surface area (Å²) in [6, 6.07) is 4.14. The minimum Gasteiger partial charge on any atom is -0.479 e. The molecule has 0 spiro atoms. The van der Waals surface area contributed by atoms with Gasteiger partial charge in [0.25, 0.3) is 0 Å². The van der Waals surface area contributed by atoms with Crippen LogP contribution in [0.15, 0.2) is 22.7 Å². The van der Waals surface area contributed by atoms with Crippen molar-refractivity contribution in [2.75, 3.05) is 6.54 Å². The van der Waals surface area contributed by atoms with Crippen LogP contribution in [0.3, 0.4) is 0 Å². The van der Waals surface area contributed by atoms with Crippen LogP contribution in [0.5, 0.6) is 0 Å². The van der Waals surface area contributed by atoms with Gasteiger partial charge in [0.05, 0.1) is 17.4 Å². The summed E-state index contributed by atoms with van der Waals surface area (Å²) in [5.74, 6) is -2.31. The summed E-state index contributed by atoms with van der Waals surface area (Å²) < 4.78 is 13.2. The van der Waals surface area contributed by atoms with E-state index in [-0.39, 0.29) is 10.9 Å². The van der Waals surface area contributed by atoms with Gasteiger partial charge < -0.3 is 15.5 Å². The molecule has 0 fully saturated rings. The number of rotatable bonds is 5. The second-order valence-corrected chi connectivity index (χ2v) is 5.14. The average Bonchev–Trinajstić information content (AvgIpc) is 2.31. The molecule has 1 unspecified atom stereocenters. The molecule has 0 aromatic heterocycles. The van der Waals surface area contributed by atoms with Crippen molar-refractivity contribution in [3.05, 3.63) is 34.1 Å². The van der Waals surface area contributed by atoms with Crippen molar-refractivity contribution in [3.63, 3.8) is 0 Å². The Bertz CT molecular complexity index is 505. The van der Waals surface area contributed by atoms with Crippen LogP contribution >= 0.6 is 15.9 Å². The van der Waals surface area contributed by atoms with E-state index in [0.717, 1.165) is 6.92 Å². The van der Waals surface area contributed by atoms with Gasteiger partial charge in [0.15, 0.2) is 5.60 Å². The van der Waals surface area contributed by atoms with Gasteiger partial charge in [-0.3, -0.25) is 4.79 Å². The molecule has 0 aliphatic rings. The molecule has 19 heavy (non-hydrogen) atoms. The Morgan fingerprint density at radius 3 is 2.63 bits per heavy atom. The van der Waals surface area contributed by atoms with Gasteiger partial charge in [0, 0.05) is 0 Å². The molecular weight excluding hydrogens is 321 g/mol. The lowest BCUT2D eigenvalue weighted by Gasteiger charge is -2.18. The van der Waals surface area contributed by atoms with Gasteiger partial charge in [0.2, 0.25) is 5.91 Å². The zero-order valence-corrected chi connectivity index (χ0v) is 11.7. The molecule has 1 atom stereocenters. The predicted molar refractivity (Wildman–Crippen MR) is 69.1 cm³/mol. The summed E-state index contributed by atoms with van der Waals surface area (Å²) in [6.07, 6.45) is -0.0332. The Hall–Kier alpha value is -1.47. The zero-order valence-electron chi connectivity index (χ0n) is 10.1. The Morgan fingerprint density at radius 1 is 1.47 bits per heavy atom. The van der Waals surface area contributed by atoms with E-state index in [1.807, 2.05) is 0 Å². The van der Waals surface area contributed by atoms with Crippen LogP contribution in [-0.4, -0.2) is 34.2 Å². The number of carboxylic acids is 1. The number of aliphatic carboxylic acids is 1. The first-order chi connectivity index (χ1) is 8.72. The van der Waals surface area contributed by atoms with Crippen molar-refractivity contribution in [2.45, 2.75) is 18.9 Å². The van der Waals surface area contributed by atoms with E-state index in [1.165, 1.54) is 18.2 Å². The Morgan fingerprint density at radius 2 is 2.11 bits per heavy atom. The van der Waals surface area contributed by atoms with Crippen molar-refractivity contribution in [2.24, 2.45) is 0 Å². The number of hydrogen-bond donors (Lipinski definition) is 3. The normalized spacial score (nSPS) is 13.7. The summed E-state index contributed by atoms with van der Waals surface area (Å²) in [5, 5.41) is 20.4. The molecule has 0 aliphatic heterocycles. The van der Waals surface area contributed by atoms with E-state index in [2.05, 4.69) is 21.2 Å². The van der Waals surface area contributed by atoms with Crippen molar-refractivity contribution in [1.29, 1.82) is 0 Å². The van der Waals surface area contributed by atoms with Crippen LogP contribution in [0.2, 0.25) is 0 Å². The minimum absolute atomic E-state index is 0.0332. The third-order valence-corrected chi connectivity index (χ3v) is 3.05. The highest BCUT2D eigenvalue weighted by Crippen LogP contribution is 2.17. The fourth-order valence-corrected chi connectivity index (χ4v) is 1.67. The van der Waals surface area contributed by atoms with E-state index in [4.69, 9.17) is 5.11 Å². The van der Waals surface area contributed by atoms with E-state index in [1.54, 1.807) is 0 Å². The Kier molecular flexibility index (Phi) is 5.02.